The number of nitrogens with zero attached hydrogens (tertiary/aromatic N) is 1. The highest BCUT2D eigenvalue weighted by molar-refractivity contribution is 5.51. The lowest BCUT2D eigenvalue weighted by atomic mass is 10.1. The van der Waals surface area contributed by atoms with E-state index in [0.29, 0.717) is 6.04 Å². The van der Waals surface area contributed by atoms with Gasteiger partial charge in [0.05, 0.1) is 0 Å². The summed E-state index contributed by atoms with van der Waals surface area (Å²) in [5, 5.41) is 3.46. The van der Waals surface area contributed by atoms with Crippen LogP contribution in [-0.4, -0.2) is 25.7 Å². The molecule has 1 saturated heterocycles. The Bertz CT molecular complexity index is 360. The average Bonchev–Trinajstić information content (AvgIpc) is 2.47. The summed E-state index contributed by atoms with van der Waals surface area (Å²) >= 11 is 0. The van der Waals surface area contributed by atoms with Crippen molar-refractivity contribution in [3.63, 3.8) is 0 Å². The van der Waals surface area contributed by atoms with Crippen LogP contribution in [0.25, 0.3) is 0 Å². The smallest absolute Gasteiger partial charge is 0.0371 e. The van der Waals surface area contributed by atoms with Crippen molar-refractivity contribution in [1.29, 1.82) is 0 Å². The van der Waals surface area contributed by atoms with Crippen LogP contribution in [-0.2, 0) is 0 Å². The number of aryl methyl sites for hydroxylation is 2. The van der Waals surface area contributed by atoms with Crippen molar-refractivity contribution in [3.05, 3.63) is 29.3 Å². The van der Waals surface area contributed by atoms with E-state index in [9.17, 15) is 0 Å². The Morgan fingerprint density at radius 1 is 1.19 bits per heavy atom. The summed E-state index contributed by atoms with van der Waals surface area (Å²) in [4.78, 5) is 2.52. The van der Waals surface area contributed by atoms with Gasteiger partial charge in [0.1, 0.15) is 0 Å². The third-order valence-corrected chi connectivity index (χ3v) is 3.62. The van der Waals surface area contributed by atoms with Crippen LogP contribution in [0.1, 0.15) is 24.5 Å². The molecular weight excluding hydrogens is 196 g/mol. The maximum atomic E-state index is 3.46. The van der Waals surface area contributed by atoms with E-state index < -0.39 is 0 Å². The SMILES string of the molecule is Cc1ccc(N2CCNCCC2C)cc1C. The Morgan fingerprint density at radius 2 is 2.00 bits per heavy atom. The van der Waals surface area contributed by atoms with Crippen LogP contribution >= 0.6 is 0 Å². The fourth-order valence-electron chi connectivity index (χ4n) is 2.30. The van der Waals surface area contributed by atoms with Crippen molar-refractivity contribution < 1.29 is 0 Å². The molecule has 0 saturated carbocycles. The van der Waals surface area contributed by atoms with Gasteiger partial charge in [-0.25, -0.2) is 0 Å². The van der Waals surface area contributed by atoms with Crippen LogP contribution < -0.4 is 10.2 Å². The molecule has 88 valence electrons. The molecule has 16 heavy (non-hydrogen) atoms. The first kappa shape index (κ1) is 11.5. The summed E-state index contributed by atoms with van der Waals surface area (Å²) < 4.78 is 0. The summed E-state index contributed by atoms with van der Waals surface area (Å²) in [6.45, 7) is 10.0. The van der Waals surface area contributed by atoms with Gasteiger partial charge in [0, 0.05) is 24.8 Å². The maximum absolute atomic E-state index is 3.46. The van der Waals surface area contributed by atoms with Crippen LogP contribution in [0.3, 0.4) is 0 Å². The van der Waals surface area contributed by atoms with Crippen LogP contribution in [0.4, 0.5) is 5.69 Å². The van der Waals surface area contributed by atoms with Crippen molar-refractivity contribution in [1.82, 2.24) is 5.32 Å². The van der Waals surface area contributed by atoms with Crippen LogP contribution in [0.5, 0.6) is 0 Å². The second-order valence-corrected chi connectivity index (χ2v) is 4.85. The zero-order chi connectivity index (χ0) is 11.5. The van der Waals surface area contributed by atoms with Gasteiger partial charge in [-0.1, -0.05) is 6.07 Å². The first-order valence-corrected chi connectivity index (χ1v) is 6.23. The lowest BCUT2D eigenvalue weighted by Crippen LogP contribution is -2.34. The predicted molar refractivity (Wildman–Crippen MR) is 70.2 cm³/mol. The van der Waals surface area contributed by atoms with Crippen LogP contribution in [0.2, 0.25) is 0 Å². The van der Waals surface area contributed by atoms with Gasteiger partial charge in [-0.05, 0) is 57.0 Å². The molecule has 2 nitrogen and oxygen atoms in total. The third-order valence-electron chi connectivity index (χ3n) is 3.62. The monoisotopic (exact) mass is 218 g/mol. The molecule has 0 amide bonds. The summed E-state index contributed by atoms with van der Waals surface area (Å²) in [6, 6.07) is 7.44. The lowest BCUT2D eigenvalue weighted by molar-refractivity contribution is 0.631. The number of nitrogens with one attached hydrogen (secondary N) is 1. The van der Waals surface area contributed by atoms with E-state index in [1.165, 1.54) is 23.2 Å². The topological polar surface area (TPSA) is 15.3 Å². The van der Waals surface area contributed by atoms with E-state index in [2.05, 4.69) is 49.2 Å². The molecule has 1 aromatic rings. The summed E-state index contributed by atoms with van der Waals surface area (Å²) in [7, 11) is 0. The predicted octanol–water partition coefficient (Wildman–Crippen LogP) is 2.49. The molecule has 1 atom stereocenters. The van der Waals surface area contributed by atoms with E-state index in [1.807, 2.05) is 0 Å². The molecule has 1 N–H and O–H groups in total. The number of hydrogen-bond donors (Lipinski definition) is 1. The Morgan fingerprint density at radius 3 is 2.75 bits per heavy atom. The van der Waals surface area contributed by atoms with Crippen molar-refractivity contribution in [2.24, 2.45) is 0 Å². The molecule has 2 rings (SSSR count). The highest BCUT2D eigenvalue weighted by Gasteiger charge is 2.16. The molecule has 0 bridgehead atoms. The van der Waals surface area contributed by atoms with Crippen LogP contribution in [0, 0.1) is 13.8 Å². The van der Waals surface area contributed by atoms with Crippen LogP contribution in [0.15, 0.2) is 18.2 Å². The average molecular weight is 218 g/mol. The summed E-state index contributed by atoms with van der Waals surface area (Å²) in [5.74, 6) is 0. The highest BCUT2D eigenvalue weighted by atomic mass is 15.2. The van der Waals surface area contributed by atoms with Gasteiger partial charge in [-0.15, -0.1) is 0 Å². The summed E-state index contributed by atoms with van der Waals surface area (Å²) in [6.07, 6.45) is 1.23. The van der Waals surface area contributed by atoms with Gasteiger partial charge in [-0.3, -0.25) is 0 Å². The van der Waals surface area contributed by atoms with Crippen molar-refractivity contribution in [2.45, 2.75) is 33.2 Å². The Labute approximate surface area is 98.7 Å². The van der Waals surface area contributed by atoms with E-state index in [4.69, 9.17) is 0 Å². The maximum Gasteiger partial charge on any atom is 0.0371 e. The van der Waals surface area contributed by atoms with Crippen molar-refractivity contribution >= 4 is 5.69 Å². The molecule has 1 unspecified atom stereocenters. The lowest BCUT2D eigenvalue weighted by Gasteiger charge is -2.29. The van der Waals surface area contributed by atoms with Gasteiger partial charge in [0.2, 0.25) is 0 Å². The molecule has 0 aromatic heterocycles. The molecule has 0 spiro atoms. The van der Waals surface area contributed by atoms with Gasteiger partial charge >= 0.3 is 0 Å². The van der Waals surface area contributed by atoms with E-state index in [0.717, 1.165) is 19.6 Å². The number of anilines is 1. The largest absolute Gasteiger partial charge is 0.367 e. The van der Waals surface area contributed by atoms with E-state index in [-0.39, 0.29) is 0 Å². The molecule has 1 aromatic carbocycles. The minimum absolute atomic E-state index is 0.636. The van der Waals surface area contributed by atoms with Gasteiger partial charge in [0.25, 0.3) is 0 Å². The molecule has 1 heterocycles. The third kappa shape index (κ3) is 2.38. The Kier molecular flexibility index (Phi) is 3.49. The standard InChI is InChI=1S/C14H22N2/c1-11-4-5-14(10-12(11)2)16-9-8-15-7-6-13(16)3/h4-5,10,13,15H,6-9H2,1-3H3. The zero-order valence-electron chi connectivity index (χ0n) is 10.6. The molecule has 2 heteroatoms. The molecule has 1 aliphatic rings. The minimum Gasteiger partial charge on any atom is -0.367 e. The Hall–Kier alpha value is -1.02. The van der Waals surface area contributed by atoms with Gasteiger partial charge in [-0.2, -0.15) is 0 Å². The quantitative estimate of drug-likeness (QED) is 0.779. The van der Waals surface area contributed by atoms with E-state index in [1.54, 1.807) is 0 Å². The fourth-order valence-corrected chi connectivity index (χ4v) is 2.30. The molecular formula is C14H22N2. The van der Waals surface area contributed by atoms with Gasteiger partial charge < -0.3 is 10.2 Å². The second-order valence-electron chi connectivity index (χ2n) is 4.85. The first-order valence-electron chi connectivity index (χ1n) is 6.23. The number of rotatable bonds is 1. The van der Waals surface area contributed by atoms with Crippen molar-refractivity contribution in [2.75, 3.05) is 24.5 Å². The summed E-state index contributed by atoms with van der Waals surface area (Å²) in [5.41, 5.74) is 4.14. The molecule has 1 aliphatic heterocycles. The van der Waals surface area contributed by atoms with Gasteiger partial charge in [0.15, 0.2) is 0 Å². The second kappa shape index (κ2) is 4.88. The fraction of sp³-hybridized carbons (Fsp3) is 0.571. The molecule has 0 aliphatic carbocycles. The molecule has 0 radical (unpaired) electrons. The highest BCUT2D eigenvalue weighted by Crippen LogP contribution is 2.22. The number of benzene rings is 1. The molecule has 1 fully saturated rings. The number of hydrogen-bond acceptors (Lipinski definition) is 2. The van der Waals surface area contributed by atoms with E-state index >= 15 is 0 Å². The van der Waals surface area contributed by atoms with Crippen molar-refractivity contribution in [3.8, 4) is 0 Å². The minimum atomic E-state index is 0.636. The first-order chi connectivity index (χ1) is 7.68. The normalized spacial score (nSPS) is 21.9. The zero-order valence-corrected chi connectivity index (χ0v) is 10.6. The Balaban J connectivity index is 2.23.